The number of nitrogens with zero attached hydrogens (tertiary/aromatic N) is 4. The van der Waals surface area contributed by atoms with Gasteiger partial charge in [0.15, 0.2) is 5.82 Å². The van der Waals surface area contributed by atoms with Crippen LogP contribution in [0, 0.1) is 0 Å². The van der Waals surface area contributed by atoms with E-state index in [1.807, 2.05) is 12.3 Å². The summed E-state index contributed by atoms with van der Waals surface area (Å²) in [7, 11) is 0. The number of aromatic amines is 1. The Balaban J connectivity index is 1.51. The highest BCUT2D eigenvalue weighted by Crippen LogP contribution is 2.28. The van der Waals surface area contributed by atoms with E-state index in [0.717, 1.165) is 42.8 Å². The van der Waals surface area contributed by atoms with Crippen molar-refractivity contribution < 1.29 is 9.59 Å². The van der Waals surface area contributed by atoms with Gasteiger partial charge in [0.1, 0.15) is 11.8 Å². The number of carbonyl (C=O) groups is 2. The molecule has 114 valence electrons. The number of rotatable bonds is 2. The molecule has 4 heterocycles. The number of imide groups is 1. The highest BCUT2D eigenvalue weighted by Gasteiger charge is 2.36. The van der Waals surface area contributed by atoms with Crippen LogP contribution < -0.4 is 4.90 Å². The molecule has 2 saturated heterocycles. The summed E-state index contributed by atoms with van der Waals surface area (Å²) in [6.07, 6.45) is 5.76. The largest absolute Gasteiger partial charge is 0.357 e. The second-order valence-corrected chi connectivity index (χ2v) is 5.81. The van der Waals surface area contributed by atoms with Crippen molar-refractivity contribution in [1.82, 2.24) is 19.9 Å². The molecule has 0 atom stereocenters. The second-order valence-electron chi connectivity index (χ2n) is 5.81. The van der Waals surface area contributed by atoms with Crippen molar-refractivity contribution >= 4 is 28.7 Å². The van der Waals surface area contributed by atoms with E-state index in [-0.39, 0.29) is 17.9 Å². The van der Waals surface area contributed by atoms with Crippen molar-refractivity contribution in [2.24, 2.45) is 0 Å². The predicted octanol–water partition coefficient (Wildman–Crippen LogP) is 1.08. The van der Waals surface area contributed by atoms with Crippen molar-refractivity contribution in [1.29, 1.82) is 0 Å². The number of hydrogen-bond acceptors (Lipinski definition) is 5. The Morgan fingerprint density at radius 2 is 1.82 bits per heavy atom. The van der Waals surface area contributed by atoms with Crippen LogP contribution in [0.4, 0.5) is 5.82 Å². The average molecular weight is 299 g/mol. The quantitative estimate of drug-likeness (QED) is 0.839. The van der Waals surface area contributed by atoms with Gasteiger partial charge in [-0.15, -0.1) is 0 Å². The Bertz CT molecular complexity index is 716. The van der Waals surface area contributed by atoms with Crippen LogP contribution in [0.2, 0.25) is 0 Å². The van der Waals surface area contributed by atoms with Gasteiger partial charge >= 0.3 is 0 Å². The first-order valence-corrected chi connectivity index (χ1v) is 7.62. The Hall–Kier alpha value is -2.44. The minimum absolute atomic E-state index is 0.0164. The number of aromatic nitrogens is 3. The highest BCUT2D eigenvalue weighted by molar-refractivity contribution is 6.02. The fourth-order valence-electron chi connectivity index (χ4n) is 3.43. The Kier molecular flexibility index (Phi) is 3.06. The van der Waals surface area contributed by atoms with Gasteiger partial charge in [-0.2, -0.15) is 0 Å². The van der Waals surface area contributed by atoms with Gasteiger partial charge in [0.2, 0.25) is 11.8 Å². The second kappa shape index (κ2) is 5.08. The van der Waals surface area contributed by atoms with Gasteiger partial charge in [-0.05, 0) is 18.9 Å². The third-order valence-electron chi connectivity index (χ3n) is 4.54. The Labute approximate surface area is 127 Å². The zero-order valence-electron chi connectivity index (χ0n) is 12.2. The van der Waals surface area contributed by atoms with Gasteiger partial charge in [0.05, 0.1) is 5.52 Å². The van der Waals surface area contributed by atoms with E-state index in [2.05, 4.69) is 19.9 Å². The molecule has 2 amide bonds. The first-order chi connectivity index (χ1) is 10.7. The summed E-state index contributed by atoms with van der Waals surface area (Å²) in [4.78, 5) is 39.2. The van der Waals surface area contributed by atoms with Crippen molar-refractivity contribution in [3.63, 3.8) is 0 Å². The molecule has 0 radical (unpaired) electrons. The summed E-state index contributed by atoms with van der Waals surface area (Å²) in [6.45, 7) is 1.57. The molecule has 2 aromatic rings. The molecule has 2 aliphatic heterocycles. The Morgan fingerprint density at radius 1 is 1.09 bits per heavy atom. The number of H-pyrrole nitrogens is 1. The van der Waals surface area contributed by atoms with Crippen LogP contribution in [0.1, 0.15) is 25.7 Å². The van der Waals surface area contributed by atoms with Crippen LogP contribution >= 0.6 is 0 Å². The van der Waals surface area contributed by atoms with Crippen molar-refractivity contribution in [3.05, 3.63) is 18.6 Å². The molecule has 0 spiro atoms. The minimum Gasteiger partial charge on any atom is -0.357 e. The number of anilines is 1. The number of nitrogens with one attached hydrogen (secondary N) is 1. The zero-order valence-corrected chi connectivity index (χ0v) is 12.2. The van der Waals surface area contributed by atoms with E-state index in [9.17, 15) is 9.59 Å². The third kappa shape index (κ3) is 2.04. The van der Waals surface area contributed by atoms with Crippen LogP contribution in [-0.2, 0) is 9.59 Å². The van der Waals surface area contributed by atoms with Crippen LogP contribution in [0.3, 0.4) is 0 Å². The molecule has 0 aromatic carbocycles. The number of fused-ring (bicyclic) bond motifs is 1. The lowest BCUT2D eigenvalue weighted by molar-refractivity contribution is -0.141. The average Bonchev–Trinajstić information content (AvgIpc) is 3.14. The summed E-state index contributed by atoms with van der Waals surface area (Å²) in [6, 6.07) is 1.97. The summed E-state index contributed by atoms with van der Waals surface area (Å²) in [5.41, 5.74) is 1.84. The number of hydrogen-bond donors (Lipinski definition) is 1. The van der Waals surface area contributed by atoms with Gasteiger partial charge in [0, 0.05) is 38.2 Å². The van der Waals surface area contributed by atoms with E-state index < -0.39 is 0 Å². The van der Waals surface area contributed by atoms with E-state index >= 15 is 0 Å². The van der Waals surface area contributed by atoms with Crippen molar-refractivity contribution in [2.75, 3.05) is 18.0 Å². The molecule has 2 aromatic heterocycles. The van der Waals surface area contributed by atoms with Crippen LogP contribution in [0.15, 0.2) is 18.6 Å². The molecule has 0 unspecified atom stereocenters. The molecular weight excluding hydrogens is 282 g/mol. The molecule has 0 aliphatic carbocycles. The number of likely N-dealkylation sites (tertiary alicyclic amines) is 1. The maximum Gasteiger partial charge on any atom is 0.229 e. The summed E-state index contributed by atoms with van der Waals surface area (Å²) in [5, 5.41) is 0. The minimum atomic E-state index is -0.0164. The van der Waals surface area contributed by atoms with Crippen LogP contribution in [0.25, 0.3) is 11.0 Å². The van der Waals surface area contributed by atoms with Gasteiger partial charge in [-0.1, -0.05) is 0 Å². The smallest absolute Gasteiger partial charge is 0.229 e. The van der Waals surface area contributed by atoms with Crippen LogP contribution in [-0.4, -0.2) is 50.8 Å². The summed E-state index contributed by atoms with van der Waals surface area (Å²) < 4.78 is 0. The molecule has 2 aliphatic rings. The third-order valence-corrected chi connectivity index (χ3v) is 4.54. The lowest BCUT2D eigenvalue weighted by Gasteiger charge is -2.36. The normalized spacial score (nSPS) is 20.4. The standard InChI is InChI=1S/C15H17N5O2/c21-12-1-2-13(22)20(12)10-4-7-19(8-5-10)15-14-11(3-6-16-14)17-9-18-15/h3,6,9-10,16H,1-2,4-5,7-8H2. The lowest BCUT2D eigenvalue weighted by Crippen LogP contribution is -2.47. The SMILES string of the molecule is O=C1CCC(=O)N1C1CCN(c2ncnc3cc[nH]c23)CC1. The van der Waals surface area contributed by atoms with Gasteiger partial charge in [-0.25, -0.2) is 9.97 Å². The number of carbonyl (C=O) groups excluding carboxylic acids is 2. The maximum atomic E-state index is 11.8. The zero-order chi connectivity index (χ0) is 15.1. The van der Waals surface area contributed by atoms with Crippen molar-refractivity contribution in [2.45, 2.75) is 31.7 Å². The van der Waals surface area contributed by atoms with E-state index in [1.54, 1.807) is 6.33 Å². The molecule has 0 saturated carbocycles. The molecule has 0 bridgehead atoms. The first-order valence-electron chi connectivity index (χ1n) is 7.62. The molecule has 7 heteroatoms. The monoisotopic (exact) mass is 299 g/mol. The van der Waals surface area contributed by atoms with Gasteiger partial charge < -0.3 is 9.88 Å². The topological polar surface area (TPSA) is 82.2 Å². The van der Waals surface area contributed by atoms with E-state index in [0.29, 0.717) is 12.8 Å². The molecule has 22 heavy (non-hydrogen) atoms. The van der Waals surface area contributed by atoms with Gasteiger partial charge in [-0.3, -0.25) is 14.5 Å². The van der Waals surface area contributed by atoms with Crippen molar-refractivity contribution in [3.8, 4) is 0 Å². The molecule has 1 N–H and O–H groups in total. The first kappa shape index (κ1) is 13.2. The van der Waals surface area contributed by atoms with E-state index in [1.165, 1.54) is 4.90 Å². The fourth-order valence-corrected chi connectivity index (χ4v) is 3.43. The number of amides is 2. The van der Waals surface area contributed by atoms with Crippen LogP contribution in [0.5, 0.6) is 0 Å². The predicted molar refractivity (Wildman–Crippen MR) is 80.2 cm³/mol. The molecule has 2 fully saturated rings. The lowest BCUT2D eigenvalue weighted by atomic mass is 10.0. The van der Waals surface area contributed by atoms with E-state index in [4.69, 9.17) is 0 Å². The molecule has 4 rings (SSSR count). The maximum absolute atomic E-state index is 11.8. The summed E-state index contributed by atoms with van der Waals surface area (Å²) in [5.74, 6) is 0.863. The fraction of sp³-hybridized carbons (Fsp3) is 0.467. The molecule has 7 nitrogen and oxygen atoms in total. The summed E-state index contributed by atoms with van der Waals surface area (Å²) >= 11 is 0. The highest BCUT2D eigenvalue weighted by atomic mass is 16.2. The van der Waals surface area contributed by atoms with Gasteiger partial charge in [0.25, 0.3) is 0 Å². The Morgan fingerprint density at radius 3 is 2.55 bits per heavy atom. The molecular formula is C15H17N5O2. The number of piperidine rings is 1.